The lowest BCUT2D eigenvalue weighted by Crippen LogP contribution is -2.18. The summed E-state index contributed by atoms with van der Waals surface area (Å²) < 4.78 is 1.12. The highest BCUT2D eigenvalue weighted by Gasteiger charge is 2.29. The van der Waals surface area contributed by atoms with E-state index in [2.05, 4.69) is 22.9 Å². The molecule has 1 fully saturated rings. The standard InChI is InChI=1S/C12H15BrOS/c1-8-3-2-4-10(8)11(14)7-9-5-6-12(13)15-9/h5-6,8,10H,2-4,7H2,1H3. The molecule has 1 aromatic rings. The topological polar surface area (TPSA) is 17.1 Å². The first-order chi connectivity index (χ1) is 7.16. The van der Waals surface area contributed by atoms with Crippen LogP contribution in [0.4, 0.5) is 0 Å². The maximum absolute atomic E-state index is 12.0. The molecule has 0 radical (unpaired) electrons. The highest BCUT2D eigenvalue weighted by atomic mass is 79.9. The summed E-state index contributed by atoms with van der Waals surface area (Å²) in [5.74, 6) is 1.36. The molecule has 2 rings (SSSR count). The van der Waals surface area contributed by atoms with Gasteiger partial charge in [0.1, 0.15) is 5.78 Å². The van der Waals surface area contributed by atoms with Gasteiger partial charge in [0.2, 0.25) is 0 Å². The number of carbonyl (C=O) groups excluding carboxylic acids is 1. The molecule has 2 unspecified atom stereocenters. The van der Waals surface area contributed by atoms with E-state index < -0.39 is 0 Å². The molecule has 82 valence electrons. The number of hydrogen-bond acceptors (Lipinski definition) is 2. The Morgan fingerprint density at radius 2 is 2.33 bits per heavy atom. The van der Waals surface area contributed by atoms with E-state index in [1.54, 1.807) is 11.3 Å². The lowest BCUT2D eigenvalue weighted by Gasteiger charge is -2.12. The van der Waals surface area contributed by atoms with Crippen molar-refractivity contribution < 1.29 is 4.79 Å². The Morgan fingerprint density at radius 1 is 1.53 bits per heavy atom. The number of halogens is 1. The zero-order valence-corrected chi connectivity index (χ0v) is 11.2. The van der Waals surface area contributed by atoms with Crippen molar-refractivity contribution >= 4 is 33.0 Å². The fourth-order valence-corrected chi connectivity index (χ4v) is 3.87. The van der Waals surface area contributed by atoms with Gasteiger partial charge < -0.3 is 0 Å². The van der Waals surface area contributed by atoms with Crippen LogP contribution in [0.1, 0.15) is 31.1 Å². The molecule has 0 aromatic carbocycles. The van der Waals surface area contributed by atoms with Crippen LogP contribution in [-0.4, -0.2) is 5.78 Å². The Morgan fingerprint density at radius 3 is 2.87 bits per heavy atom. The minimum Gasteiger partial charge on any atom is -0.299 e. The SMILES string of the molecule is CC1CCCC1C(=O)Cc1ccc(Br)s1. The van der Waals surface area contributed by atoms with E-state index in [9.17, 15) is 4.79 Å². The van der Waals surface area contributed by atoms with E-state index in [4.69, 9.17) is 0 Å². The zero-order chi connectivity index (χ0) is 10.8. The second-order valence-corrected chi connectivity index (χ2v) is 6.91. The summed E-state index contributed by atoms with van der Waals surface area (Å²) in [6.07, 6.45) is 4.19. The number of Topliss-reactive ketones (excluding diaryl/α,β-unsaturated/α-hetero) is 1. The molecule has 1 aromatic heterocycles. The molecule has 3 heteroatoms. The summed E-state index contributed by atoms with van der Waals surface area (Å²) in [6, 6.07) is 4.07. The van der Waals surface area contributed by atoms with Crippen LogP contribution in [0.25, 0.3) is 0 Å². The zero-order valence-electron chi connectivity index (χ0n) is 8.83. The fourth-order valence-electron chi connectivity index (χ4n) is 2.37. The van der Waals surface area contributed by atoms with E-state index in [0.29, 0.717) is 24.0 Å². The van der Waals surface area contributed by atoms with Crippen LogP contribution >= 0.6 is 27.3 Å². The molecule has 0 amide bonds. The minimum atomic E-state index is 0.325. The summed E-state index contributed by atoms with van der Waals surface area (Å²) in [5, 5.41) is 0. The van der Waals surface area contributed by atoms with Gasteiger partial charge in [-0.1, -0.05) is 13.3 Å². The molecule has 0 bridgehead atoms. The summed E-state index contributed by atoms with van der Waals surface area (Å²) in [6.45, 7) is 2.21. The van der Waals surface area contributed by atoms with Crippen LogP contribution in [0, 0.1) is 11.8 Å². The van der Waals surface area contributed by atoms with Crippen molar-refractivity contribution in [2.75, 3.05) is 0 Å². The number of ketones is 1. The Labute approximate surface area is 103 Å². The first-order valence-electron chi connectivity index (χ1n) is 5.44. The number of thiophene rings is 1. The molecule has 0 spiro atoms. The monoisotopic (exact) mass is 286 g/mol. The Hall–Kier alpha value is -0.150. The van der Waals surface area contributed by atoms with E-state index in [0.717, 1.165) is 10.2 Å². The molecule has 1 aliphatic rings. The largest absolute Gasteiger partial charge is 0.299 e. The highest BCUT2D eigenvalue weighted by molar-refractivity contribution is 9.11. The van der Waals surface area contributed by atoms with E-state index >= 15 is 0 Å². The summed E-state index contributed by atoms with van der Waals surface area (Å²) in [5.41, 5.74) is 0. The van der Waals surface area contributed by atoms with E-state index in [1.165, 1.54) is 17.7 Å². The predicted molar refractivity (Wildman–Crippen MR) is 67.2 cm³/mol. The van der Waals surface area contributed by atoms with Gasteiger partial charge in [-0.15, -0.1) is 11.3 Å². The first kappa shape index (κ1) is 11.3. The predicted octanol–water partition coefficient (Wildman–Crippen LogP) is 4.06. The van der Waals surface area contributed by atoms with Crippen molar-refractivity contribution in [3.8, 4) is 0 Å². The summed E-state index contributed by atoms with van der Waals surface area (Å²) in [4.78, 5) is 13.2. The van der Waals surface area contributed by atoms with Gasteiger partial charge in [-0.25, -0.2) is 0 Å². The molecule has 1 aliphatic carbocycles. The van der Waals surface area contributed by atoms with Gasteiger partial charge in [-0.3, -0.25) is 4.79 Å². The second-order valence-electron chi connectivity index (χ2n) is 4.36. The summed E-state index contributed by atoms with van der Waals surface area (Å²) >= 11 is 5.10. The second kappa shape index (κ2) is 4.79. The third-order valence-electron chi connectivity index (χ3n) is 3.25. The molecule has 1 nitrogen and oxygen atoms in total. The molecule has 0 saturated heterocycles. The third-order valence-corrected chi connectivity index (χ3v) is 4.88. The summed E-state index contributed by atoms with van der Waals surface area (Å²) in [7, 11) is 0. The Balaban J connectivity index is 1.97. The van der Waals surface area contributed by atoms with Crippen LogP contribution in [0.5, 0.6) is 0 Å². The van der Waals surface area contributed by atoms with Crippen molar-refractivity contribution in [2.24, 2.45) is 11.8 Å². The van der Waals surface area contributed by atoms with Crippen molar-refractivity contribution in [1.82, 2.24) is 0 Å². The van der Waals surface area contributed by atoms with Crippen molar-refractivity contribution in [3.63, 3.8) is 0 Å². The van der Waals surface area contributed by atoms with Gasteiger partial charge in [-0.2, -0.15) is 0 Å². The smallest absolute Gasteiger partial charge is 0.141 e. The molecular weight excluding hydrogens is 272 g/mol. The van der Waals surface area contributed by atoms with Gasteiger partial charge >= 0.3 is 0 Å². The van der Waals surface area contributed by atoms with Gasteiger partial charge in [0.15, 0.2) is 0 Å². The normalized spacial score (nSPS) is 25.7. The van der Waals surface area contributed by atoms with Crippen molar-refractivity contribution in [1.29, 1.82) is 0 Å². The molecular formula is C12H15BrOS. The van der Waals surface area contributed by atoms with Crippen LogP contribution in [0.2, 0.25) is 0 Å². The average molecular weight is 287 g/mol. The van der Waals surface area contributed by atoms with Crippen LogP contribution < -0.4 is 0 Å². The fraction of sp³-hybridized carbons (Fsp3) is 0.583. The lowest BCUT2D eigenvalue weighted by molar-refractivity contribution is -0.123. The molecule has 15 heavy (non-hydrogen) atoms. The average Bonchev–Trinajstić information content (AvgIpc) is 2.75. The van der Waals surface area contributed by atoms with E-state index in [-0.39, 0.29) is 0 Å². The quantitative estimate of drug-likeness (QED) is 0.819. The molecule has 1 heterocycles. The number of rotatable bonds is 3. The molecule has 0 aliphatic heterocycles. The van der Waals surface area contributed by atoms with Gasteiger partial charge in [0.25, 0.3) is 0 Å². The van der Waals surface area contributed by atoms with E-state index in [1.807, 2.05) is 12.1 Å². The van der Waals surface area contributed by atoms with Crippen molar-refractivity contribution in [3.05, 3.63) is 20.8 Å². The molecule has 0 N–H and O–H groups in total. The number of hydrogen-bond donors (Lipinski definition) is 0. The van der Waals surface area contributed by atoms with Gasteiger partial charge in [-0.05, 0) is 46.8 Å². The maximum atomic E-state index is 12.0. The van der Waals surface area contributed by atoms with Crippen LogP contribution in [-0.2, 0) is 11.2 Å². The lowest BCUT2D eigenvalue weighted by atomic mass is 9.92. The minimum absolute atomic E-state index is 0.325. The first-order valence-corrected chi connectivity index (χ1v) is 7.04. The third kappa shape index (κ3) is 2.70. The molecule has 2 atom stereocenters. The van der Waals surface area contributed by atoms with Gasteiger partial charge in [0.05, 0.1) is 3.79 Å². The Bertz CT molecular complexity index is 358. The maximum Gasteiger partial charge on any atom is 0.141 e. The highest BCUT2D eigenvalue weighted by Crippen LogP contribution is 2.33. The molecule has 1 saturated carbocycles. The van der Waals surface area contributed by atoms with Crippen molar-refractivity contribution in [2.45, 2.75) is 32.6 Å². The van der Waals surface area contributed by atoms with Crippen LogP contribution in [0.3, 0.4) is 0 Å². The number of carbonyl (C=O) groups is 1. The van der Waals surface area contributed by atoms with Gasteiger partial charge in [0, 0.05) is 17.2 Å². The van der Waals surface area contributed by atoms with Crippen LogP contribution in [0.15, 0.2) is 15.9 Å². The Kier molecular flexibility index (Phi) is 3.62.